The highest BCUT2D eigenvalue weighted by Crippen LogP contribution is 2.07. The lowest BCUT2D eigenvalue weighted by atomic mass is 10.1. The Morgan fingerprint density at radius 2 is 1.61 bits per heavy atom. The molecule has 0 heterocycles. The van der Waals surface area contributed by atoms with Crippen molar-refractivity contribution < 1.29 is 4.79 Å². The first kappa shape index (κ1) is 12.1. The lowest BCUT2D eigenvalue weighted by Crippen LogP contribution is -1.96. The van der Waals surface area contributed by atoms with Gasteiger partial charge in [-0.05, 0) is 24.3 Å². The van der Waals surface area contributed by atoms with Crippen LogP contribution in [0.5, 0.6) is 0 Å². The van der Waals surface area contributed by atoms with Crippen molar-refractivity contribution in [3.63, 3.8) is 0 Å². The zero-order valence-electron chi connectivity index (χ0n) is 10.3. The molecule has 0 aliphatic rings. The third-order valence-electron chi connectivity index (χ3n) is 2.63. The normalized spacial score (nSPS) is 9.39. The van der Waals surface area contributed by atoms with Crippen molar-refractivity contribution in [3.05, 3.63) is 71.3 Å². The van der Waals surface area contributed by atoms with Gasteiger partial charge in [-0.25, -0.2) is 0 Å². The Balaban J connectivity index is 2.25. The Hall–Kier alpha value is -2.33. The van der Waals surface area contributed by atoms with E-state index in [0.717, 1.165) is 16.7 Å². The first-order valence-corrected chi connectivity index (χ1v) is 6.00. The van der Waals surface area contributed by atoms with Crippen molar-refractivity contribution in [1.29, 1.82) is 0 Å². The highest BCUT2D eigenvalue weighted by molar-refractivity contribution is 5.96. The van der Waals surface area contributed by atoms with E-state index in [-0.39, 0.29) is 5.78 Å². The van der Waals surface area contributed by atoms with Gasteiger partial charge in [-0.1, -0.05) is 49.1 Å². The summed E-state index contributed by atoms with van der Waals surface area (Å²) in [6, 6.07) is 17.3. The molecule has 0 aliphatic carbocycles. The van der Waals surface area contributed by atoms with Crippen LogP contribution < -0.4 is 0 Å². The van der Waals surface area contributed by atoms with Crippen LogP contribution in [0.2, 0.25) is 0 Å². The molecule has 0 unspecified atom stereocenters. The molecule has 0 fully saturated rings. The predicted octanol–water partition coefficient (Wildman–Crippen LogP) is 3.68. The van der Waals surface area contributed by atoms with Crippen molar-refractivity contribution >= 4 is 5.78 Å². The number of carbonyl (C=O) groups excluding carboxylic acids is 1. The van der Waals surface area contributed by atoms with Gasteiger partial charge in [-0.2, -0.15) is 0 Å². The van der Waals surface area contributed by atoms with Crippen LogP contribution in [0.25, 0.3) is 0 Å². The minimum atomic E-state index is 0.151. The zero-order chi connectivity index (χ0) is 12.8. The zero-order valence-corrected chi connectivity index (χ0v) is 10.3. The van der Waals surface area contributed by atoms with E-state index in [2.05, 4.69) is 11.8 Å². The van der Waals surface area contributed by atoms with Gasteiger partial charge < -0.3 is 0 Å². The summed E-state index contributed by atoms with van der Waals surface area (Å²) < 4.78 is 0. The second kappa shape index (κ2) is 5.84. The van der Waals surface area contributed by atoms with E-state index in [4.69, 9.17) is 0 Å². The second-order valence-electron chi connectivity index (χ2n) is 3.97. The molecule has 2 aromatic carbocycles. The fourth-order valence-electron chi connectivity index (χ4n) is 1.64. The molecule has 1 heteroatoms. The smallest absolute Gasteiger partial charge is 0.162 e. The quantitative estimate of drug-likeness (QED) is 0.572. The van der Waals surface area contributed by atoms with E-state index in [0.29, 0.717) is 6.42 Å². The molecule has 2 aromatic rings. The molecule has 1 nitrogen and oxygen atoms in total. The van der Waals surface area contributed by atoms with Gasteiger partial charge in [0.15, 0.2) is 5.78 Å². The van der Waals surface area contributed by atoms with Crippen molar-refractivity contribution in [3.8, 4) is 11.8 Å². The van der Waals surface area contributed by atoms with Gasteiger partial charge >= 0.3 is 0 Å². The second-order valence-corrected chi connectivity index (χ2v) is 3.97. The Morgan fingerprint density at radius 1 is 0.944 bits per heavy atom. The summed E-state index contributed by atoms with van der Waals surface area (Å²) in [7, 11) is 0. The maximum atomic E-state index is 11.6. The van der Waals surface area contributed by atoms with Crippen LogP contribution >= 0.6 is 0 Å². The van der Waals surface area contributed by atoms with Gasteiger partial charge in [-0.3, -0.25) is 4.79 Å². The third kappa shape index (κ3) is 3.09. The molecule has 0 saturated carbocycles. The monoisotopic (exact) mass is 234 g/mol. The maximum Gasteiger partial charge on any atom is 0.162 e. The van der Waals surface area contributed by atoms with E-state index in [1.807, 2.05) is 61.5 Å². The number of hydrogen-bond donors (Lipinski definition) is 0. The highest BCUT2D eigenvalue weighted by atomic mass is 16.1. The van der Waals surface area contributed by atoms with Gasteiger partial charge in [0.2, 0.25) is 0 Å². The SMILES string of the molecule is CCC(=O)c1cccc(C#Cc2ccccc2)c1. The third-order valence-corrected chi connectivity index (χ3v) is 2.63. The Morgan fingerprint density at radius 3 is 2.33 bits per heavy atom. The number of rotatable bonds is 2. The molecule has 0 radical (unpaired) electrons. The Kier molecular flexibility index (Phi) is 3.94. The molecule has 0 aliphatic heterocycles. The lowest BCUT2D eigenvalue weighted by Gasteiger charge is -1.97. The van der Waals surface area contributed by atoms with Crippen molar-refractivity contribution in [2.45, 2.75) is 13.3 Å². The number of carbonyl (C=O) groups is 1. The molecule has 2 rings (SSSR count). The number of benzene rings is 2. The topological polar surface area (TPSA) is 17.1 Å². The van der Waals surface area contributed by atoms with Crippen LogP contribution in [0.3, 0.4) is 0 Å². The molecule has 0 atom stereocenters. The number of Topliss-reactive ketones (excluding diaryl/α,β-unsaturated/α-hetero) is 1. The Bertz CT molecular complexity index is 600. The van der Waals surface area contributed by atoms with Crippen molar-refractivity contribution in [2.75, 3.05) is 0 Å². The molecule has 0 aromatic heterocycles. The summed E-state index contributed by atoms with van der Waals surface area (Å²) in [6.45, 7) is 1.87. The molecule has 0 spiro atoms. The summed E-state index contributed by atoms with van der Waals surface area (Å²) >= 11 is 0. The van der Waals surface area contributed by atoms with Crippen LogP contribution in [0.4, 0.5) is 0 Å². The first-order chi connectivity index (χ1) is 8.79. The van der Waals surface area contributed by atoms with Crippen molar-refractivity contribution in [1.82, 2.24) is 0 Å². The molecule has 0 N–H and O–H groups in total. The average Bonchev–Trinajstić information content (AvgIpc) is 2.45. The number of hydrogen-bond acceptors (Lipinski definition) is 1. The summed E-state index contributed by atoms with van der Waals surface area (Å²) in [5, 5.41) is 0. The molecule has 18 heavy (non-hydrogen) atoms. The van der Waals surface area contributed by atoms with Gasteiger partial charge in [0, 0.05) is 23.1 Å². The summed E-state index contributed by atoms with van der Waals surface area (Å²) in [6.07, 6.45) is 0.523. The number of ketones is 1. The minimum Gasteiger partial charge on any atom is -0.294 e. The van der Waals surface area contributed by atoms with Gasteiger partial charge in [0.05, 0.1) is 0 Å². The van der Waals surface area contributed by atoms with Crippen LogP contribution in [0.15, 0.2) is 54.6 Å². The minimum absolute atomic E-state index is 0.151. The average molecular weight is 234 g/mol. The standard InChI is InChI=1S/C17H14O/c1-2-17(18)16-10-6-9-15(13-16)12-11-14-7-4-3-5-8-14/h3-10,13H,2H2,1H3. The molecule has 0 amide bonds. The van der Waals surface area contributed by atoms with Crippen LogP contribution in [-0.2, 0) is 0 Å². The Labute approximate surface area is 107 Å². The summed E-state index contributed by atoms with van der Waals surface area (Å²) in [5.41, 5.74) is 2.58. The predicted molar refractivity (Wildman–Crippen MR) is 73.5 cm³/mol. The molecular weight excluding hydrogens is 220 g/mol. The van der Waals surface area contributed by atoms with E-state index in [9.17, 15) is 4.79 Å². The van der Waals surface area contributed by atoms with Crippen LogP contribution in [0, 0.1) is 11.8 Å². The van der Waals surface area contributed by atoms with Crippen molar-refractivity contribution in [2.24, 2.45) is 0 Å². The van der Waals surface area contributed by atoms with Gasteiger partial charge in [0.1, 0.15) is 0 Å². The van der Waals surface area contributed by atoms with E-state index in [1.165, 1.54) is 0 Å². The fraction of sp³-hybridized carbons (Fsp3) is 0.118. The fourth-order valence-corrected chi connectivity index (χ4v) is 1.64. The van der Waals surface area contributed by atoms with Crippen LogP contribution in [0.1, 0.15) is 34.8 Å². The molecule has 0 saturated heterocycles. The van der Waals surface area contributed by atoms with E-state index >= 15 is 0 Å². The first-order valence-electron chi connectivity index (χ1n) is 6.00. The lowest BCUT2D eigenvalue weighted by molar-refractivity contribution is 0.0988. The van der Waals surface area contributed by atoms with Gasteiger partial charge in [0.25, 0.3) is 0 Å². The van der Waals surface area contributed by atoms with E-state index in [1.54, 1.807) is 0 Å². The van der Waals surface area contributed by atoms with Crippen LogP contribution in [-0.4, -0.2) is 5.78 Å². The summed E-state index contributed by atoms with van der Waals surface area (Å²) in [4.78, 5) is 11.6. The molecule has 0 bridgehead atoms. The molecule has 88 valence electrons. The molecular formula is C17H14O. The maximum absolute atomic E-state index is 11.6. The summed E-state index contributed by atoms with van der Waals surface area (Å²) in [5.74, 6) is 6.31. The van der Waals surface area contributed by atoms with Gasteiger partial charge in [-0.15, -0.1) is 0 Å². The highest BCUT2D eigenvalue weighted by Gasteiger charge is 2.01. The largest absolute Gasteiger partial charge is 0.294 e. The van der Waals surface area contributed by atoms with E-state index < -0.39 is 0 Å².